The summed E-state index contributed by atoms with van der Waals surface area (Å²) in [6.45, 7) is 7.18. The quantitative estimate of drug-likeness (QED) is 0.162. The Morgan fingerprint density at radius 3 is 0.787 bits per heavy atom. The molecule has 0 heterocycles. The van der Waals surface area contributed by atoms with Crippen molar-refractivity contribution in [3.05, 3.63) is 144 Å². The topological polar surface area (TPSA) is 0 Å². The second kappa shape index (κ2) is 33.8. The maximum atomic E-state index is 2.40. The van der Waals surface area contributed by atoms with Crippen molar-refractivity contribution in [1.29, 1.82) is 0 Å². The fourth-order valence-electron chi connectivity index (χ4n) is 16.3. The summed E-state index contributed by atoms with van der Waals surface area (Å²) in [6, 6.07) is 43.9. The molecule has 0 heteroatoms. The first-order valence-electron chi connectivity index (χ1n) is 34.2. The van der Waals surface area contributed by atoms with Crippen LogP contribution >= 0.6 is 0 Å². The molecule has 0 bridgehead atoms. The van der Waals surface area contributed by atoms with Crippen molar-refractivity contribution < 1.29 is 0 Å². The predicted octanol–water partition coefficient (Wildman–Crippen LogP) is 25.5. The van der Waals surface area contributed by atoms with E-state index in [4.69, 9.17) is 0 Å². The fraction of sp³-hybridized carbons (Fsp3) is 0.600. The fourth-order valence-corrected chi connectivity index (χ4v) is 16.3. The molecule has 0 nitrogen and oxygen atoms in total. The Morgan fingerprint density at radius 2 is 0.487 bits per heavy atom. The lowest BCUT2D eigenvalue weighted by molar-refractivity contribution is 0.196. The van der Waals surface area contributed by atoms with E-state index >= 15 is 0 Å². The third-order valence-corrected chi connectivity index (χ3v) is 21.4. The van der Waals surface area contributed by atoms with Gasteiger partial charge in [0.25, 0.3) is 0 Å². The minimum atomic E-state index is 0. The minimum Gasteiger partial charge on any atom is -0.0776 e. The molecule has 0 spiro atoms. The average Bonchev–Trinajstić information content (AvgIpc) is 3.55. The van der Waals surface area contributed by atoms with Crippen LogP contribution in [0.3, 0.4) is 0 Å². The maximum Gasteiger partial charge on any atom is -0.00132 e. The molecular formula is C80H114. The highest BCUT2D eigenvalue weighted by Gasteiger charge is 2.27. The van der Waals surface area contributed by atoms with Gasteiger partial charge >= 0.3 is 0 Å². The molecule has 9 aliphatic carbocycles. The van der Waals surface area contributed by atoms with Crippen molar-refractivity contribution in [3.63, 3.8) is 0 Å². The van der Waals surface area contributed by atoms with Crippen LogP contribution in [0.25, 0.3) is 43.8 Å². The van der Waals surface area contributed by atoms with Gasteiger partial charge in [-0.2, -0.15) is 0 Å². The highest BCUT2D eigenvalue weighted by Crippen LogP contribution is 2.42. The van der Waals surface area contributed by atoms with Crippen LogP contribution in [0.2, 0.25) is 0 Å². The highest BCUT2D eigenvalue weighted by atomic mass is 14.3. The van der Waals surface area contributed by atoms with Gasteiger partial charge in [-0.25, -0.2) is 0 Å². The van der Waals surface area contributed by atoms with E-state index in [2.05, 4.69) is 142 Å². The van der Waals surface area contributed by atoms with Crippen molar-refractivity contribution >= 4 is 21.5 Å². The van der Waals surface area contributed by atoms with Gasteiger partial charge in [0.1, 0.15) is 0 Å². The van der Waals surface area contributed by atoms with Crippen LogP contribution in [0.5, 0.6) is 0 Å². The van der Waals surface area contributed by atoms with Gasteiger partial charge < -0.3 is 0 Å². The van der Waals surface area contributed by atoms with Crippen LogP contribution in [0.1, 0.15) is 275 Å². The third-order valence-electron chi connectivity index (χ3n) is 21.4. The molecule has 2 unspecified atom stereocenters. The molecule has 0 N–H and O–H groups in total. The van der Waals surface area contributed by atoms with E-state index in [0.717, 1.165) is 54.3 Å². The van der Waals surface area contributed by atoms with E-state index in [-0.39, 0.29) is 7.43 Å². The zero-order valence-electron chi connectivity index (χ0n) is 50.8. The van der Waals surface area contributed by atoms with Gasteiger partial charge in [0.05, 0.1) is 0 Å². The van der Waals surface area contributed by atoms with E-state index in [1.165, 1.54) is 239 Å². The molecule has 2 atom stereocenters. The van der Waals surface area contributed by atoms with E-state index in [1.807, 2.05) is 0 Å². The van der Waals surface area contributed by atoms with Crippen molar-refractivity contribution in [2.75, 3.05) is 0 Å². The Bertz CT molecular complexity index is 2400. The van der Waals surface area contributed by atoms with E-state index in [0.29, 0.717) is 0 Å². The molecule has 0 aromatic heterocycles. The number of fused-ring (bicyclic) bond motifs is 4. The molecule has 0 aliphatic heterocycles. The van der Waals surface area contributed by atoms with Gasteiger partial charge in [-0.15, -0.1) is 0 Å². The molecule has 0 saturated heterocycles. The molecule has 7 saturated carbocycles. The highest BCUT2D eigenvalue weighted by molar-refractivity contribution is 6.02. The van der Waals surface area contributed by atoms with Crippen LogP contribution in [-0.2, 0) is 12.8 Å². The second-order valence-electron chi connectivity index (χ2n) is 26.9. The summed E-state index contributed by atoms with van der Waals surface area (Å²) in [5.74, 6) is 7.48. The Labute approximate surface area is 491 Å². The molecule has 80 heavy (non-hydrogen) atoms. The van der Waals surface area contributed by atoms with Gasteiger partial charge in [-0.3, -0.25) is 0 Å². The summed E-state index contributed by atoms with van der Waals surface area (Å²) in [4.78, 5) is 0. The maximum absolute atomic E-state index is 2.40. The van der Waals surface area contributed by atoms with Crippen LogP contribution in [0, 0.1) is 41.4 Å². The normalized spacial score (nSPS) is 22.7. The lowest BCUT2D eigenvalue weighted by atomic mass is 9.73. The lowest BCUT2D eigenvalue weighted by Crippen LogP contribution is -2.21. The number of hydrogen-bond donors (Lipinski definition) is 0. The monoisotopic (exact) mass is 1070 g/mol. The first-order valence-corrected chi connectivity index (χ1v) is 34.2. The second-order valence-corrected chi connectivity index (χ2v) is 26.9. The molecule has 7 fully saturated rings. The summed E-state index contributed by atoms with van der Waals surface area (Å²) in [6.07, 6.45) is 55.3. The van der Waals surface area contributed by atoms with Gasteiger partial charge in [0.2, 0.25) is 0 Å². The van der Waals surface area contributed by atoms with Crippen molar-refractivity contribution in [1.82, 2.24) is 0 Å². The van der Waals surface area contributed by atoms with Gasteiger partial charge in [-0.05, 0) is 120 Å². The standard InChI is InChI=1S/2C17H12.2C12H22.C9H18.2C6H12.CH4/c2*1-2-9-15-13(5-1)11-14-8-3-6-12-7-4-10-16(15)17(12)14;2*1-3-7-11(8-4-1)12-9-5-2-6-10-12;1-7-5-4-6-8(2)9(7)3;2*1-2-4-6-5-3-1;/h2*1-10H,11H2;2*11-12H,1-10H2;7-9H,4-6H2,1-3H3;2*1-6H2;1H4. The average molecular weight is 1080 g/mol. The SMILES string of the molecule is C.C1CCC(C2CCCCC2)CC1.C1CCC(C2CCCCC2)CC1.C1CCCCC1.C1CCCCC1.CC1CCCC(C)C1C.c1ccc2c(c1)Cc1cccc3cccc-2c13.c1ccc2c(c1)Cc1cccc3cccc-2c13. The van der Waals surface area contributed by atoms with Gasteiger partial charge in [0, 0.05) is 0 Å². The van der Waals surface area contributed by atoms with Crippen LogP contribution in [0.4, 0.5) is 0 Å². The zero-order valence-corrected chi connectivity index (χ0v) is 50.8. The predicted molar refractivity (Wildman–Crippen MR) is 354 cm³/mol. The number of benzene rings is 6. The van der Waals surface area contributed by atoms with Crippen molar-refractivity contribution in [2.45, 2.75) is 266 Å². The molecule has 6 aromatic carbocycles. The molecule has 6 aromatic rings. The molecule has 9 aliphatic rings. The molecule has 434 valence electrons. The molecule has 0 radical (unpaired) electrons. The van der Waals surface area contributed by atoms with E-state index in [9.17, 15) is 0 Å². The summed E-state index contributed by atoms with van der Waals surface area (Å²) < 4.78 is 0. The van der Waals surface area contributed by atoms with Gasteiger partial charge in [0.15, 0.2) is 0 Å². The smallest absolute Gasteiger partial charge is 0.00132 e. The Balaban J connectivity index is 0.000000126. The lowest BCUT2D eigenvalue weighted by Gasteiger charge is -2.32. The first-order chi connectivity index (χ1) is 39.0. The van der Waals surface area contributed by atoms with Crippen molar-refractivity contribution in [2.24, 2.45) is 41.4 Å². The van der Waals surface area contributed by atoms with Gasteiger partial charge in [-0.1, -0.05) is 374 Å². The minimum absolute atomic E-state index is 0. The largest absolute Gasteiger partial charge is 0.0776 e. The van der Waals surface area contributed by atoms with E-state index < -0.39 is 0 Å². The van der Waals surface area contributed by atoms with Crippen LogP contribution in [-0.4, -0.2) is 0 Å². The third kappa shape index (κ3) is 17.9. The summed E-state index contributed by atoms with van der Waals surface area (Å²) in [5, 5.41) is 5.59. The van der Waals surface area contributed by atoms with Crippen LogP contribution in [0.15, 0.2) is 121 Å². The summed E-state index contributed by atoms with van der Waals surface area (Å²) in [7, 11) is 0. The summed E-state index contributed by atoms with van der Waals surface area (Å²) in [5.41, 5.74) is 11.4. The Kier molecular flexibility index (Phi) is 26.2. The Hall–Kier alpha value is -4.16. The van der Waals surface area contributed by atoms with Crippen molar-refractivity contribution in [3.8, 4) is 22.3 Å². The van der Waals surface area contributed by atoms with E-state index in [1.54, 1.807) is 51.4 Å². The zero-order chi connectivity index (χ0) is 54.3. The number of rotatable bonds is 2. The first kappa shape index (κ1) is 61.9. The Morgan fingerprint density at radius 1 is 0.237 bits per heavy atom. The molecular weight excluding hydrogens is 961 g/mol. The summed E-state index contributed by atoms with van der Waals surface area (Å²) >= 11 is 0. The molecule has 15 rings (SSSR count). The van der Waals surface area contributed by atoms with Crippen LogP contribution < -0.4 is 0 Å². The molecule has 0 amide bonds. The number of hydrogen-bond acceptors (Lipinski definition) is 0.